The fraction of sp³-hybridized carbons (Fsp3) is 0.478. The van der Waals surface area contributed by atoms with E-state index in [4.69, 9.17) is 5.73 Å². The Morgan fingerprint density at radius 1 is 0.969 bits per heavy atom. The summed E-state index contributed by atoms with van der Waals surface area (Å²) in [6, 6.07) is 7.49. The van der Waals surface area contributed by atoms with Crippen LogP contribution in [0.3, 0.4) is 0 Å². The minimum atomic E-state index is -0.663. The van der Waals surface area contributed by atoms with Crippen LogP contribution in [0.1, 0.15) is 52.1 Å². The Hall–Kier alpha value is -3.36. The zero-order chi connectivity index (χ0) is 22.7. The topological polar surface area (TPSA) is 124 Å². The van der Waals surface area contributed by atoms with Gasteiger partial charge in [0.25, 0.3) is 11.8 Å². The maximum atomic E-state index is 12.7. The lowest BCUT2D eigenvalue weighted by Gasteiger charge is -2.40. The number of carbonyl (C=O) groups is 3. The summed E-state index contributed by atoms with van der Waals surface area (Å²) in [5.41, 5.74) is 7.28. The number of rotatable bonds is 4. The van der Waals surface area contributed by atoms with Gasteiger partial charge in [-0.25, -0.2) is 9.78 Å². The summed E-state index contributed by atoms with van der Waals surface area (Å²) >= 11 is 0. The number of likely N-dealkylation sites (tertiary alicyclic amines) is 2. The molecule has 2 fully saturated rings. The van der Waals surface area contributed by atoms with Crippen molar-refractivity contribution >= 4 is 23.7 Å². The van der Waals surface area contributed by atoms with E-state index < -0.39 is 5.91 Å². The minimum absolute atomic E-state index is 0.0974. The summed E-state index contributed by atoms with van der Waals surface area (Å²) in [6.45, 7) is 4.91. The number of nitrogens with one attached hydrogen (secondary N) is 2. The summed E-state index contributed by atoms with van der Waals surface area (Å²) in [5.74, 6) is 0.750. The number of hydrogen-bond donors (Lipinski definition) is 3. The van der Waals surface area contributed by atoms with Gasteiger partial charge >= 0.3 is 6.03 Å². The number of urea groups is 1. The van der Waals surface area contributed by atoms with Crippen molar-refractivity contribution < 1.29 is 14.4 Å². The van der Waals surface area contributed by atoms with Crippen LogP contribution in [0.15, 0.2) is 30.6 Å². The highest BCUT2D eigenvalue weighted by Gasteiger charge is 2.32. The number of anilines is 1. The predicted octanol–water partition coefficient (Wildman–Crippen LogP) is 2.61. The van der Waals surface area contributed by atoms with E-state index >= 15 is 0 Å². The summed E-state index contributed by atoms with van der Waals surface area (Å²) in [7, 11) is 0. The smallest absolute Gasteiger partial charge is 0.323 e. The van der Waals surface area contributed by atoms with Crippen molar-refractivity contribution in [2.75, 3.05) is 31.5 Å². The van der Waals surface area contributed by atoms with Gasteiger partial charge in [-0.1, -0.05) is 17.7 Å². The molecule has 4 rings (SSSR count). The van der Waals surface area contributed by atoms with Gasteiger partial charge in [-0.15, -0.1) is 0 Å². The number of aromatic amines is 1. The maximum Gasteiger partial charge on any atom is 0.323 e. The highest BCUT2D eigenvalue weighted by atomic mass is 16.2. The Labute approximate surface area is 187 Å². The molecule has 0 bridgehead atoms. The van der Waals surface area contributed by atoms with E-state index in [2.05, 4.69) is 15.3 Å². The first-order valence-electron chi connectivity index (χ1n) is 11.2. The minimum Gasteiger partial charge on any atom is -0.364 e. The van der Waals surface area contributed by atoms with Gasteiger partial charge in [0, 0.05) is 31.7 Å². The highest BCUT2D eigenvalue weighted by Crippen LogP contribution is 2.33. The molecule has 1 aromatic heterocycles. The van der Waals surface area contributed by atoms with Crippen LogP contribution in [0.2, 0.25) is 0 Å². The van der Waals surface area contributed by atoms with E-state index in [9.17, 15) is 14.4 Å². The van der Waals surface area contributed by atoms with E-state index in [0.29, 0.717) is 24.9 Å². The van der Waals surface area contributed by atoms with Crippen LogP contribution in [-0.4, -0.2) is 63.8 Å². The Morgan fingerprint density at radius 3 is 2.09 bits per heavy atom. The van der Waals surface area contributed by atoms with Gasteiger partial charge in [-0.2, -0.15) is 0 Å². The molecule has 0 saturated carbocycles. The number of piperidine rings is 2. The van der Waals surface area contributed by atoms with Crippen molar-refractivity contribution in [2.24, 2.45) is 17.6 Å². The lowest BCUT2D eigenvalue weighted by molar-refractivity contribution is 0.0618. The van der Waals surface area contributed by atoms with Crippen molar-refractivity contribution in [1.29, 1.82) is 0 Å². The predicted molar refractivity (Wildman–Crippen MR) is 120 cm³/mol. The number of carbonyl (C=O) groups excluding carboxylic acids is 3. The molecule has 0 spiro atoms. The first kappa shape index (κ1) is 21.9. The number of primary amides is 1. The number of imidazole rings is 1. The standard InChI is InChI=1S/C23H30N6O3/c1-15-2-4-18(5-3-15)22(31)28-10-6-16(7-11-28)17-8-12-29(13-9-17)23(32)27-21-19(20(24)30)25-14-26-21/h2-5,14,16-17H,6-13H2,1H3,(H2,24,30)(H,25,26)(H,27,32). The largest absolute Gasteiger partial charge is 0.364 e. The number of H-pyrrole nitrogens is 1. The Balaban J connectivity index is 1.24. The molecule has 32 heavy (non-hydrogen) atoms. The van der Waals surface area contributed by atoms with Crippen molar-refractivity contribution in [1.82, 2.24) is 19.8 Å². The summed E-state index contributed by atoms with van der Waals surface area (Å²) in [5, 5.41) is 2.67. The van der Waals surface area contributed by atoms with Gasteiger partial charge < -0.3 is 20.5 Å². The molecule has 2 saturated heterocycles. The quantitative estimate of drug-likeness (QED) is 0.679. The molecule has 2 aliphatic heterocycles. The molecule has 2 aromatic rings. The van der Waals surface area contributed by atoms with Gasteiger partial charge in [-0.3, -0.25) is 14.9 Å². The average molecular weight is 439 g/mol. The van der Waals surface area contributed by atoms with E-state index in [1.165, 1.54) is 6.33 Å². The molecule has 9 nitrogen and oxygen atoms in total. The lowest BCUT2D eigenvalue weighted by Crippen LogP contribution is -2.45. The van der Waals surface area contributed by atoms with Gasteiger partial charge in [-0.05, 0) is 56.6 Å². The molecule has 4 amide bonds. The molecule has 4 N–H and O–H groups in total. The zero-order valence-electron chi connectivity index (χ0n) is 18.3. The monoisotopic (exact) mass is 438 g/mol. The fourth-order valence-electron chi connectivity index (χ4n) is 4.78. The highest BCUT2D eigenvalue weighted by molar-refractivity contribution is 6.00. The molecule has 0 atom stereocenters. The van der Waals surface area contributed by atoms with E-state index in [1.54, 1.807) is 4.90 Å². The third-order valence-corrected chi connectivity index (χ3v) is 6.73. The van der Waals surface area contributed by atoms with Crippen molar-refractivity contribution in [2.45, 2.75) is 32.6 Å². The maximum absolute atomic E-state index is 12.7. The second-order valence-electron chi connectivity index (χ2n) is 8.74. The second kappa shape index (κ2) is 9.42. The fourth-order valence-corrected chi connectivity index (χ4v) is 4.78. The Morgan fingerprint density at radius 2 is 1.53 bits per heavy atom. The molecule has 9 heteroatoms. The van der Waals surface area contributed by atoms with Crippen molar-refractivity contribution in [3.05, 3.63) is 47.4 Å². The molecule has 0 unspecified atom stereocenters. The second-order valence-corrected chi connectivity index (χ2v) is 8.74. The number of nitrogens with two attached hydrogens (primary N) is 1. The van der Waals surface area contributed by atoms with E-state index in [-0.39, 0.29) is 23.5 Å². The average Bonchev–Trinajstić information content (AvgIpc) is 3.28. The van der Waals surface area contributed by atoms with Crippen molar-refractivity contribution in [3.63, 3.8) is 0 Å². The van der Waals surface area contributed by atoms with Crippen LogP contribution in [-0.2, 0) is 0 Å². The number of aromatic nitrogens is 2. The Bertz CT molecular complexity index is 970. The van der Waals surface area contributed by atoms with Gasteiger partial charge in [0.15, 0.2) is 5.82 Å². The molecular formula is C23H30N6O3. The molecule has 0 aliphatic carbocycles. The van der Waals surface area contributed by atoms with E-state index in [0.717, 1.165) is 49.9 Å². The summed E-state index contributed by atoms with van der Waals surface area (Å²) < 4.78 is 0. The van der Waals surface area contributed by atoms with Crippen LogP contribution < -0.4 is 11.1 Å². The SMILES string of the molecule is Cc1ccc(C(=O)N2CCC(C3CCN(C(=O)Nc4nc[nH]c4C(N)=O)CC3)CC2)cc1. The van der Waals surface area contributed by atoms with E-state index in [1.807, 2.05) is 36.1 Å². The Kier molecular flexibility index (Phi) is 6.43. The summed E-state index contributed by atoms with van der Waals surface area (Å²) in [6.07, 6.45) is 5.21. The third kappa shape index (κ3) is 4.76. The van der Waals surface area contributed by atoms with Gasteiger partial charge in [0.05, 0.1) is 6.33 Å². The van der Waals surface area contributed by atoms with Crippen LogP contribution in [0.4, 0.5) is 10.6 Å². The first-order valence-corrected chi connectivity index (χ1v) is 11.2. The number of aryl methyl sites for hydroxylation is 1. The lowest BCUT2D eigenvalue weighted by atomic mass is 9.79. The van der Waals surface area contributed by atoms with Gasteiger partial charge in [0.2, 0.25) is 0 Å². The number of benzene rings is 1. The molecule has 2 aliphatic rings. The van der Waals surface area contributed by atoms with Crippen LogP contribution >= 0.6 is 0 Å². The summed E-state index contributed by atoms with van der Waals surface area (Å²) in [4.78, 5) is 47.0. The number of nitrogens with zero attached hydrogens (tertiary/aromatic N) is 3. The normalized spacial score (nSPS) is 17.9. The molecule has 3 heterocycles. The first-order chi connectivity index (χ1) is 15.4. The van der Waals surface area contributed by atoms with Crippen LogP contribution in [0.25, 0.3) is 0 Å². The zero-order valence-corrected chi connectivity index (χ0v) is 18.3. The molecular weight excluding hydrogens is 408 g/mol. The molecule has 1 aromatic carbocycles. The number of hydrogen-bond acceptors (Lipinski definition) is 4. The van der Waals surface area contributed by atoms with Crippen molar-refractivity contribution in [3.8, 4) is 0 Å². The number of amides is 4. The van der Waals surface area contributed by atoms with Crippen LogP contribution in [0, 0.1) is 18.8 Å². The van der Waals surface area contributed by atoms with Crippen LogP contribution in [0.5, 0.6) is 0 Å². The third-order valence-electron chi connectivity index (χ3n) is 6.73. The molecule has 0 radical (unpaired) electrons. The molecule has 170 valence electrons. The van der Waals surface area contributed by atoms with Gasteiger partial charge in [0.1, 0.15) is 5.69 Å².